The van der Waals surface area contributed by atoms with Crippen molar-refractivity contribution in [1.82, 2.24) is 9.97 Å². The lowest BCUT2D eigenvalue weighted by Crippen LogP contribution is -2.09. The van der Waals surface area contributed by atoms with Crippen LogP contribution in [-0.2, 0) is 4.79 Å². The van der Waals surface area contributed by atoms with Crippen molar-refractivity contribution in [2.75, 3.05) is 5.32 Å². The maximum absolute atomic E-state index is 11.8. The van der Waals surface area contributed by atoms with Crippen LogP contribution in [0, 0.1) is 0 Å². The van der Waals surface area contributed by atoms with Crippen molar-refractivity contribution in [2.45, 2.75) is 25.7 Å². The average Bonchev–Trinajstić information content (AvgIpc) is 3.06. The Morgan fingerprint density at radius 2 is 2.00 bits per heavy atom. The topological polar surface area (TPSA) is 54.9 Å². The number of thiazole rings is 1. The lowest BCUT2D eigenvalue weighted by molar-refractivity contribution is -0.116. The molecule has 4 rings (SSSR count). The SMILES string of the molecule is CC1CCC(=O)Nc2ccc(-c3csc(-c4ccncc4)n3)cc21. The predicted molar refractivity (Wildman–Crippen MR) is 97.1 cm³/mol. The average molecular weight is 335 g/mol. The molecule has 0 spiro atoms. The van der Waals surface area contributed by atoms with Gasteiger partial charge in [0.15, 0.2) is 0 Å². The molecule has 1 atom stereocenters. The molecule has 1 aliphatic heterocycles. The third kappa shape index (κ3) is 2.83. The van der Waals surface area contributed by atoms with E-state index in [0.29, 0.717) is 12.3 Å². The quantitative estimate of drug-likeness (QED) is 0.738. The second kappa shape index (κ2) is 6.17. The standard InChI is InChI=1S/C19H17N3OS/c1-12-2-5-18(23)21-16-4-3-14(10-15(12)16)17-11-24-19(22-17)13-6-8-20-9-7-13/h3-4,6-12H,2,5H2,1H3,(H,21,23). The van der Waals surface area contributed by atoms with E-state index in [-0.39, 0.29) is 5.91 Å². The summed E-state index contributed by atoms with van der Waals surface area (Å²) >= 11 is 1.63. The van der Waals surface area contributed by atoms with Crippen molar-refractivity contribution in [2.24, 2.45) is 0 Å². The molecule has 0 saturated carbocycles. The van der Waals surface area contributed by atoms with Gasteiger partial charge in [0.2, 0.25) is 5.91 Å². The Morgan fingerprint density at radius 1 is 1.17 bits per heavy atom. The molecule has 4 nitrogen and oxygen atoms in total. The Morgan fingerprint density at radius 3 is 2.83 bits per heavy atom. The molecule has 0 bridgehead atoms. The fourth-order valence-electron chi connectivity index (χ4n) is 2.99. The van der Waals surface area contributed by atoms with Crippen molar-refractivity contribution >= 4 is 22.9 Å². The largest absolute Gasteiger partial charge is 0.326 e. The van der Waals surface area contributed by atoms with Crippen molar-refractivity contribution < 1.29 is 4.79 Å². The number of aromatic nitrogens is 2. The molecule has 120 valence electrons. The first kappa shape index (κ1) is 15.0. The van der Waals surface area contributed by atoms with Crippen LogP contribution in [0.4, 0.5) is 5.69 Å². The number of carbonyl (C=O) groups excluding carboxylic acids is 1. The summed E-state index contributed by atoms with van der Waals surface area (Å²) in [7, 11) is 0. The molecule has 1 aliphatic rings. The van der Waals surface area contributed by atoms with Crippen LogP contribution in [0.25, 0.3) is 21.8 Å². The summed E-state index contributed by atoms with van der Waals surface area (Å²) in [5.74, 6) is 0.458. The molecular weight excluding hydrogens is 318 g/mol. The summed E-state index contributed by atoms with van der Waals surface area (Å²) in [6.07, 6.45) is 5.02. The van der Waals surface area contributed by atoms with Gasteiger partial charge in [-0.05, 0) is 42.2 Å². The second-order valence-corrected chi connectivity index (χ2v) is 6.92. The molecule has 0 saturated heterocycles. The van der Waals surface area contributed by atoms with Crippen molar-refractivity contribution in [1.29, 1.82) is 0 Å². The first-order chi connectivity index (χ1) is 11.7. The maximum atomic E-state index is 11.8. The minimum Gasteiger partial charge on any atom is -0.326 e. The number of hydrogen-bond donors (Lipinski definition) is 1. The van der Waals surface area contributed by atoms with E-state index < -0.39 is 0 Å². The molecular formula is C19H17N3OS. The molecule has 3 aromatic rings. The highest BCUT2D eigenvalue weighted by Gasteiger charge is 2.19. The highest BCUT2D eigenvalue weighted by molar-refractivity contribution is 7.13. The fourth-order valence-corrected chi connectivity index (χ4v) is 3.83. The van der Waals surface area contributed by atoms with Gasteiger partial charge in [-0.25, -0.2) is 4.98 Å². The van der Waals surface area contributed by atoms with E-state index in [4.69, 9.17) is 4.98 Å². The number of anilines is 1. The summed E-state index contributed by atoms with van der Waals surface area (Å²) < 4.78 is 0. The molecule has 1 unspecified atom stereocenters. The van der Waals surface area contributed by atoms with Crippen LogP contribution in [0.2, 0.25) is 0 Å². The van der Waals surface area contributed by atoms with E-state index in [1.165, 1.54) is 5.56 Å². The monoisotopic (exact) mass is 335 g/mol. The molecule has 2 aromatic heterocycles. The van der Waals surface area contributed by atoms with Gasteiger partial charge in [-0.3, -0.25) is 9.78 Å². The lowest BCUT2D eigenvalue weighted by atomic mass is 9.94. The van der Waals surface area contributed by atoms with Crippen LogP contribution in [0.1, 0.15) is 31.2 Å². The van der Waals surface area contributed by atoms with E-state index >= 15 is 0 Å². The van der Waals surface area contributed by atoms with Gasteiger partial charge in [0.05, 0.1) is 5.69 Å². The van der Waals surface area contributed by atoms with Crippen LogP contribution in [0.3, 0.4) is 0 Å². The lowest BCUT2D eigenvalue weighted by Gasteiger charge is -2.13. The Kier molecular flexibility index (Phi) is 3.86. The number of benzene rings is 1. The van der Waals surface area contributed by atoms with E-state index in [2.05, 4.69) is 28.7 Å². The van der Waals surface area contributed by atoms with Gasteiger partial charge < -0.3 is 5.32 Å². The third-order valence-electron chi connectivity index (χ3n) is 4.39. The Labute approximate surface area is 144 Å². The number of rotatable bonds is 2. The number of carbonyl (C=O) groups is 1. The third-order valence-corrected chi connectivity index (χ3v) is 5.28. The van der Waals surface area contributed by atoms with E-state index in [1.807, 2.05) is 24.3 Å². The summed E-state index contributed by atoms with van der Waals surface area (Å²) in [5, 5.41) is 6.07. The van der Waals surface area contributed by atoms with Gasteiger partial charge in [0, 0.05) is 41.0 Å². The zero-order chi connectivity index (χ0) is 16.5. The first-order valence-electron chi connectivity index (χ1n) is 8.01. The zero-order valence-corrected chi connectivity index (χ0v) is 14.1. The second-order valence-electron chi connectivity index (χ2n) is 6.06. The summed E-state index contributed by atoms with van der Waals surface area (Å²) in [5.41, 5.74) is 5.26. The normalized spacial score (nSPS) is 17.0. The van der Waals surface area contributed by atoms with Gasteiger partial charge in [-0.15, -0.1) is 11.3 Å². The minimum absolute atomic E-state index is 0.0991. The molecule has 3 heterocycles. The van der Waals surface area contributed by atoms with Crippen molar-refractivity contribution in [3.63, 3.8) is 0 Å². The smallest absolute Gasteiger partial charge is 0.224 e. The zero-order valence-electron chi connectivity index (χ0n) is 13.3. The number of fused-ring (bicyclic) bond motifs is 1. The number of nitrogens with one attached hydrogen (secondary N) is 1. The van der Waals surface area contributed by atoms with Gasteiger partial charge >= 0.3 is 0 Å². The van der Waals surface area contributed by atoms with Gasteiger partial charge in [0.25, 0.3) is 0 Å². The van der Waals surface area contributed by atoms with E-state index in [1.54, 1.807) is 23.7 Å². The highest BCUT2D eigenvalue weighted by Crippen LogP contribution is 2.36. The minimum atomic E-state index is 0.0991. The van der Waals surface area contributed by atoms with Crippen LogP contribution < -0.4 is 5.32 Å². The van der Waals surface area contributed by atoms with E-state index in [9.17, 15) is 4.79 Å². The molecule has 0 fully saturated rings. The molecule has 1 N–H and O–H groups in total. The fraction of sp³-hybridized carbons (Fsp3) is 0.211. The maximum Gasteiger partial charge on any atom is 0.224 e. The van der Waals surface area contributed by atoms with Crippen molar-refractivity contribution in [3.8, 4) is 21.8 Å². The molecule has 0 aliphatic carbocycles. The molecule has 0 radical (unpaired) electrons. The van der Waals surface area contributed by atoms with Gasteiger partial charge in [-0.1, -0.05) is 13.0 Å². The van der Waals surface area contributed by atoms with Gasteiger partial charge in [0.1, 0.15) is 5.01 Å². The summed E-state index contributed by atoms with van der Waals surface area (Å²) in [4.78, 5) is 20.6. The van der Waals surface area contributed by atoms with Gasteiger partial charge in [-0.2, -0.15) is 0 Å². The predicted octanol–water partition coefficient (Wildman–Crippen LogP) is 4.71. The summed E-state index contributed by atoms with van der Waals surface area (Å²) in [6, 6.07) is 10.1. The highest BCUT2D eigenvalue weighted by atomic mass is 32.1. The number of nitrogens with zero attached hydrogens (tertiary/aromatic N) is 2. The Bertz CT molecular complexity index is 889. The molecule has 5 heteroatoms. The molecule has 24 heavy (non-hydrogen) atoms. The van der Waals surface area contributed by atoms with Crippen LogP contribution in [-0.4, -0.2) is 15.9 Å². The van der Waals surface area contributed by atoms with Crippen LogP contribution in [0.5, 0.6) is 0 Å². The molecule has 1 amide bonds. The van der Waals surface area contributed by atoms with E-state index in [0.717, 1.165) is 33.9 Å². The van der Waals surface area contributed by atoms with Crippen LogP contribution in [0.15, 0.2) is 48.1 Å². The Hall–Kier alpha value is -2.53. The van der Waals surface area contributed by atoms with Crippen molar-refractivity contribution in [3.05, 3.63) is 53.7 Å². The number of amides is 1. The number of hydrogen-bond acceptors (Lipinski definition) is 4. The Balaban J connectivity index is 1.71. The summed E-state index contributed by atoms with van der Waals surface area (Å²) in [6.45, 7) is 2.17. The first-order valence-corrected chi connectivity index (χ1v) is 8.89. The number of pyridine rings is 1. The molecule has 1 aromatic carbocycles. The van der Waals surface area contributed by atoms with Crippen LogP contribution >= 0.6 is 11.3 Å².